The number of ether oxygens (including phenoxy) is 1. The molecule has 0 bridgehead atoms. The van der Waals surface area contributed by atoms with Crippen molar-refractivity contribution < 1.29 is 13.2 Å². The molecule has 1 aliphatic heterocycles. The summed E-state index contributed by atoms with van der Waals surface area (Å²) in [5.74, 6) is 1.74. The van der Waals surface area contributed by atoms with Gasteiger partial charge in [0.25, 0.3) is 0 Å². The van der Waals surface area contributed by atoms with E-state index in [0.717, 1.165) is 33.0 Å². The summed E-state index contributed by atoms with van der Waals surface area (Å²) in [6.45, 7) is 3.80. The Morgan fingerprint density at radius 3 is 2.46 bits per heavy atom. The summed E-state index contributed by atoms with van der Waals surface area (Å²) < 4.78 is 36.5. The first kappa shape index (κ1) is 19.0. The van der Waals surface area contributed by atoms with Gasteiger partial charge in [-0.2, -0.15) is 8.68 Å². The van der Waals surface area contributed by atoms with E-state index in [4.69, 9.17) is 4.74 Å². The van der Waals surface area contributed by atoms with Gasteiger partial charge >= 0.3 is 0 Å². The van der Waals surface area contributed by atoms with Crippen LogP contribution in [0.1, 0.15) is 6.92 Å². The van der Waals surface area contributed by atoms with Crippen LogP contribution >= 0.6 is 11.5 Å². The van der Waals surface area contributed by atoms with Crippen molar-refractivity contribution in [1.82, 2.24) is 18.6 Å². The molecule has 148 valence electrons. The fourth-order valence-electron chi connectivity index (χ4n) is 3.28. The van der Waals surface area contributed by atoms with Crippen LogP contribution in [-0.4, -0.2) is 66.1 Å². The minimum Gasteiger partial charge on any atom is -0.497 e. The minimum atomic E-state index is -3.15. The highest BCUT2D eigenvalue weighted by Gasteiger charge is 2.27. The van der Waals surface area contributed by atoms with Crippen LogP contribution in [0.25, 0.3) is 21.5 Å². The van der Waals surface area contributed by atoms with Crippen molar-refractivity contribution >= 4 is 37.6 Å². The van der Waals surface area contributed by atoms with E-state index in [0.29, 0.717) is 26.2 Å². The first-order chi connectivity index (χ1) is 13.5. The summed E-state index contributed by atoms with van der Waals surface area (Å²) in [7, 11) is -1.52. The Kier molecular flexibility index (Phi) is 5.17. The summed E-state index contributed by atoms with van der Waals surface area (Å²) in [4.78, 5) is 11.0. The van der Waals surface area contributed by atoms with Crippen molar-refractivity contribution in [2.24, 2.45) is 0 Å². The van der Waals surface area contributed by atoms with Crippen molar-refractivity contribution in [2.45, 2.75) is 6.92 Å². The standard InChI is InChI=1S/C18H21N5O3S2/c1-3-28(24,25)23-10-8-22(9-11-23)18-17-16(19-12-20-18)15(21-27-17)13-4-6-14(26-2)7-5-13/h4-7,12H,3,8-11H2,1-2H3. The maximum absolute atomic E-state index is 12.1. The molecule has 1 saturated heterocycles. The fourth-order valence-corrected chi connectivity index (χ4v) is 5.23. The molecule has 1 aromatic carbocycles. The summed E-state index contributed by atoms with van der Waals surface area (Å²) >= 11 is 1.37. The number of benzene rings is 1. The molecule has 0 atom stereocenters. The van der Waals surface area contributed by atoms with Gasteiger partial charge in [-0.15, -0.1) is 0 Å². The number of nitrogens with zero attached hydrogens (tertiary/aromatic N) is 5. The Morgan fingerprint density at radius 2 is 1.82 bits per heavy atom. The topological polar surface area (TPSA) is 88.5 Å². The molecule has 4 rings (SSSR count). The Balaban J connectivity index is 1.62. The zero-order valence-corrected chi connectivity index (χ0v) is 17.3. The van der Waals surface area contributed by atoms with E-state index in [9.17, 15) is 8.42 Å². The number of methoxy groups -OCH3 is 1. The molecule has 1 aliphatic rings. The molecule has 28 heavy (non-hydrogen) atoms. The molecule has 3 aromatic rings. The second-order valence-electron chi connectivity index (χ2n) is 6.42. The van der Waals surface area contributed by atoms with E-state index in [2.05, 4.69) is 19.2 Å². The predicted octanol–water partition coefficient (Wildman–Crippen LogP) is 2.23. The van der Waals surface area contributed by atoms with E-state index < -0.39 is 10.0 Å². The molecule has 3 heterocycles. The maximum atomic E-state index is 12.1. The molecule has 1 fully saturated rings. The van der Waals surface area contributed by atoms with Crippen LogP contribution in [0.5, 0.6) is 5.75 Å². The monoisotopic (exact) mass is 419 g/mol. The van der Waals surface area contributed by atoms with Gasteiger partial charge in [0.1, 0.15) is 28.0 Å². The van der Waals surface area contributed by atoms with E-state index in [1.165, 1.54) is 11.5 Å². The van der Waals surface area contributed by atoms with E-state index in [-0.39, 0.29) is 5.75 Å². The first-order valence-corrected chi connectivity index (χ1v) is 11.4. The highest BCUT2D eigenvalue weighted by atomic mass is 32.2. The number of aromatic nitrogens is 3. The molecule has 0 saturated carbocycles. The molecule has 10 heteroatoms. The number of hydrogen-bond donors (Lipinski definition) is 0. The highest BCUT2D eigenvalue weighted by Crippen LogP contribution is 2.35. The van der Waals surface area contributed by atoms with Crippen molar-refractivity contribution in [2.75, 3.05) is 43.9 Å². The third kappa shape index (κ3) is 3.43. The summed E-state index contributed by atoms with van der Waals surface area (Å²) in [5, 5.41) is 0. The van der Waals surface area contributed by atoms with E-state index in [1.54, 1.807) is 24.7 Å². The van der Waals surface area contributed by atoms with Crippen LogP contribution in [-0.2, 0) is 10.0 Å². The summed E-state index contributed by atoms with van der Waals surface area (Å²) in [6.07, 6.45) is 1.55. The van der Waals surface area contributed by atoms with Crippen molar-refractivity contribution in [3.63, 3.8) is 0 Å². The average Bonchev–Trinajstić information content (AvgIpc) is 3.18. The molecule has 8 nitrogen and oxygen atoms in total. The number of hydrogen-bond acceptors (Lipinski definition) is 8. The molecular formula is C18H21N5O3S2. The Labute approximate surface area is 168 Å². The largest absolute Gasteiger partial charge is 0.497 e. The van der Waals surface area contributed by atoms with Gasteiger partial charge in [-0.1, -0.05) is 0 Å². The third-order valence-corrected chi connectivity index (χ3v) is 7.61. The molecule has 0 spiro atoms. The third-order valence-electron chi connectivity index (χ3n) is 4.90. The second-order valence-corrected chi connectivity index (χ2v) is 9.45. The quantitative estimate of drug-likeness (QED) is 0.626. The van der Waals surface area contributed by atoms with Crippen molar-refractivity contribution in [3.05, 3.63) is 30.6 Å². The smallest absolute Gasteiger partial charge is 0.213 e. The summed E-state index contributed by atoms with van der Waals surface area (Å²) in [5.41, 5.74) is 2.60. The van der Waals surface area contributed by atoms with Gasteiger partial charge in [-0.3, -0.25) is 0 Å². The van der Waals surface area contributed by atoms with Gasteiger partial charge in [0.05, 0.1) is 12.9 Å². The SMILES string of the molecule is CCS(=O)(=O)N1CCN(c2ncnc3c(-c4ccc(OC)cc4)nsc23)CC1. The normalized spacial score (nSPS) is 15.9. The zero-order chi connectivity index (χ0) is 19.7. The van der Waals surface area contributed by atoms with Gasteiger partial charge in [0.2, 0.25) is 10.0 Å². The molecule has 0 radical (unpaired) electrons. The van der Waals surface area contributed by atoms with Gasteiger partial charge in [0, 0.05) is 31.7 Å². The highest BCUT2D eigenvalue weighted by molar-refractivity contribution is 7.89. The van der Waals surface area contributed by atoms with Crippen LogP contribution in [0.15, 0.2) is 30.6 Å². The van der Waals surface area contributed by atoms with Gasteiger partial charge in [0.15, 0.2) is 5.82 Å². The van der Waals surface area contributed by atoms with Gasteiger partial charge in [-0.25, -0.2) is 18.4 Å². The Hall–Kier alpha value is -2.30. The van der Waals surface area contributed by atoms with Gasteiger partial charge < -0.3 is 9.64 Å². The summed E-state index contributed by atoms with van der Waals surface area (Å²) in [6, 6.07) is 7.72. The predicted molar refractivity (Wildman–Crippen MR) is 110 cm³/mol. The number of anilines is 1. The van der Waals surface area contributed by atoms with Crippen LogP contribution in [0.3, 0.4) is 0 Å². The van der Waals surface area contributed by atoms with Crippen LogP contribution in [0, 0.1) is 0 Å². The van der Waals surface area contributed by atoms with Crippen LogP contribution < -0.4 is 9.64 Å². The molecule has 0 aliphatic carbocycles. The van der Waals surface area contributed by atoms with Crippen LogP contribution in [0.4, 0.5) is 5.82 Å². The van der Waals surface area contributed by atoms with E-state index in [1.807, 2.05) is 24.3 Å². The van der Waals surface area contributed by atoms with Gasteiger partial charge in [-0.05, 0) is 42.7 Å². The average molecular weight is 420 g/mol. The number of rotatable bonds is 5. The zero-order valence-electron chi connectivity index (χ0n) is 15.7. The Morgan fingerprint density at radius 1 is 1.11 bits per heavy atom. The molecule has 0 amide bonds. The van der Waals surface area contributed by atoms with Crippen molar-refractivity contribution in [3.8, 4) is 17.0 Å². The molecule has 2 aromatic heterocycles. The number of fused-ring (bicyclic) bond motifs is 1. The lowest BCUT2D eigenvalue weighted by Crippen LogP contribution is -2.49. The lowest BCUT2D eigenvalue weighted by Gasteiger charge is -2.34. The molecule has 0 N–H and O–H groups in total. The molecular weight excluding hydrogens is 398 g/mol. The van der Waals surface area contributed by atoms with E-state index >= 15 is 0 Å². The van der Waals surface area contributed by atoms with Crippen molar-refractivity contribution in [1.29, 1.82) is 0 Å². The Bertz CT molecular complexity index is 1070. The van der Waals surface area contributed by atoms with Crippen LogP contribution in [0.2, 0.25) is 0 Å². The minimum absolute atomic E-state index is 0.130. The second kappa shape index (κ2) is 7.61. The fraction of sp³-hybridized carbons (Fsp3) is 0.389. The molecule has 0 unspecified atom stereocenters. The number of piperazine rings is 1. The number of sulfonamides is 1. The first-order valence-electron chi connectivity index (χ1n) is 9.01. The lowest BCUT2D eigenvalue weighted by molar-refractivity contribution is 0.385. The maximum Gasteiger partial charge on any atom is 0.213 e. The lowest BCUT2D eigenvalue weighted by atomic mass is 10.1.